The van der Waals surface area contributed by atoms with Crippen LogP contribution in [0.3, 0.4) is 0 Å². The lowest BCUT2D eigenvalue weighted by Gasteiger charge is -2.04. The highest BCUT2D eigenvalue weighted by atomic mass is 79.9. The van der Waals surface area contributed by atoms with Crippen molar-refractivity contribution in [3.63, 3.8) is 0 Å². The quantitative estimate of drug-likeness (QED) is 0.878. The number of halogens is 2. The van der Waals surface area contributed by atoms with Crippen LogP contribution in [-0.2, 0) is 6.54 Å². The molecule has 1 amide bonds. The van der Waals surface area contributed by atoms with E-state index in [1.54, 1.807) is 12.1 Å². The molecule has 20 heavy (non-hydrogen) atoms. The van der Waals surface area contributed by atoms with Crippen LogP contribution in [0.15, 0.2) is 39.2 Å². The van der Waals surface area contributed by atoms with Gasteiger partial charge in [-0.3, -0.25) is 4.79 Å². The molecule has 0 aliphatic rings. The van der Waals surface area contributed by atoms with Crippen LogP contribution >= 0.6 is 27.5 Å². The Labute approximate surface area is 127 Å². The molecule has 0 radical (unpaired) electrons. The minimum Gasteiger partial charge on any atom is -0.475 e. The first-order valence-electron chi connectivity index (χ1n) is 5.52. The van der Waals surface area contributed by atoms with E-state index in [0.717, 1.165) is 0 Å². The molecule has 0 saturated carbocycles. The van der Waals surface area contributed by atoms with Crippen LogP contribution in [-0.4, -0.2) is 17.0 Å². The molecule has 104 valence electrons. The summed E-state index contributed by atoms with van der Waals surface area (Å²) in [5, 5.41) is 11.8. The first kappa shape index (κ1) is 14.6. The number of nitrogens with one attached hydrogen (secondary N) is 1. The Morgan fingerprint density at radius 3 is 2.65 bits per heavy atom. The second kappa shape index (κ2) is 6.11. The van der Waals surface area contributed by atoms with Gasteiger partial charge >= 0.3 is 5.97 Å². The van der Waals surface area contributed by atoms with Crippen LogP contribution in [0.2, 0.25) is 5.02 Å². The number of carbonyl (C=O) groups excluding carboxylic acids is 1. The fraction of sp³-hybridized carbons (Fsp3) is 0.0769. The summed E-state index contributed by atoms with van der Waals surface area (Å²) in [5.74, 6) is -1.28. The highest BCUT2D eigenvalue weighted by Gasteiger charge is 2.11. The molecule has 0 bridgehead atoms. The minimum atomic E-state index is -1.15. The number of carboxylic acid groups (broad SMARTS) is 1. The van der Waals surface area contributed by atoms with Gasteiger partial charge in [-0.25, -0.2) is 4.79 Å². The van der Waals surface area contributed by atoms with Crippen LogP contribution in [0.4, 0.5) is 0 Å². The van der Waals surface area contributed by atoms with Crippen molar-refractivity contribution in [1.29, 1.82) is 0 Å². The van der Waals surface area contributed by atoms with E-state index in [1.807, 2.05) is 0 Å². The van der Waals surface area contributed by atoms with Gasteiger partial charge in [0.2, 0.25) is 5.76 Å². The molecule has 2 N–H and O–H groups in total. The van der Waals surface area contributed by atoms with Crippen molar-refractivity contribution in [1.82, 2.24) is 5.32 Å². The summed E-state index contributed by atoms with van der Waals surface area (Å²) < 4.78 is 5.73. The molecule has 0 spiro atoms. The van der Waals surface area contributed by atoms with E-state index in [-0.39, 0.29) is 18.2 Å². The summed E-state index contributed by atoms with van der Waals surface area (Å²) >= 11 is 9.14. The second-order valence-electron chi connectivity index (χ2n) is 3.88. The third-order valence-electron chi connectivity index (χ3n) is 2.48. The van der Waals surface area contributed by atoms with E-state index >= 15 is 0 Å². The van der Waals surface area contributed by atoms with Gasteiger partial charge in [-0.1, -0.05) is 11.6 Å². The Hall–Kier alpha value is -1.79. The van der Waals surface area contributed by atoms with Gasteiger partial charge in [-0.05, 0) is 46.3 Å². The zero-order valence-corrected chi connectivity index (χ0v) is 12.4. The molecular weight excluding hydrogens is 350 g/mol. The first-order chi connectivity index (χ1) is 9.47. The minimum absolute atomic E-state index is 0.0970. The van der Waals surface area contributed by atoms with Crippen molar-refractivity contribution < 1.29 is 19.1 Å². The maximum Gasteiger partial charge on any atom is 0.371 e. The summed E-state index contributed by atoms with van der Waals surface area (Å²) in [5.41, 5.74) is 0.406. The Bertz CT molecular complexity index is 668. The van der Waals surface area contributed by atoms with Gasteiger partial charge in [-0.2, -0.15) is 0 Å². The Morgan fingerprint density at radius 1 is 1.30 bits per heavy atom. The summed E-state index contributed by atoms with van der Waals surface area (Å²) in [6.07, 6.45) is 0. The second-order valence-corrected chi connectivity index (χ2v) is 5.14. The third kappa shape index (κ3) is 3.40. The smallest absolute Gasteiger partial charge is 0.371 e. The first-order valence-corrected chi connectivity index (χ1v) is 6.69. The highest BCUT2D eigenvalue weighted by Crippen LogP contribution is 2.23. The SMILES string of the molecule is O=C(NCc1ccc(C(=O)O)o1)c1ccc(Br)c(Cl)c1. The fourth-order valence-corrected chi connectivity index (χ4v) is 1.92. The number of hydrogen-bond acceptors (Lipinski definition) is 3. The molecule has 0 fully saturated rings. The van der Waals surface area contributed by atoms with Crippen molar-refractivity contribution in [3.05, 3.63) is 56.9 Å². The molecule has 7 heteroatoms. The van der Waals surface area contributed by atoms with Crippen molar-refractivity contribution in [2.75, 3.05) is 0 Å². The van der Waals surface area contributed by atoms with Crippen molar-refractivity contribution in [3.8, 4) is 0 Å². The summed E-state index contributed by atoms with van der Waals surface area (Å²) in [6, 6.07) is 7.66. The molecule has 1 aromatic carbocycles. The number of amides is 1. The number of furan rings is 1. The molecule has 5 nitrogen and oxygen atoms in total. The molecular formula is C13H9BrClNO4. The summed E-state index contributed by atoms with van der Waals surface area (Å²) in [6.45, 7) is 0.0970. The van der Waals surface area contributed by atoms with Crippen molar-refractivity contribution in [2.45, 2.75) is 6.54 Å². The van der Waals surface area contributed by atoms with Crippen molar-refractivity contribution in [2.24, 2.45) is 0 Å². The van der Waals surface area contributed by atoms with Gasteiger partial charge in [0, 0.05) is 10.0 Å². The molecule has 2 rings (SSSR count). The number of carbonyl (C=O) groups is 2. The van der Waals surface area contributed by atoms with Gasteiger partial charge in [0.05, 0.1) is 11.6 Å². The monoisotopic (exact) mass is 357 g/mol. The number of aromatic carboxylic acids is 1. The summed E-state index contributed by atoms with van der Waals surface area (Å²) in [4.78, 5) is 22.5. The van der Waals surface area contributed by atoms with E-state index in [2.05, 4.69) is 21.2 Å². The maximum absolute atomic E-state index is 11.9. The van der Waals surface area contributed by atoms with E-state index in [9.17, 15) is 9.59 Å². The number of carboxylic acids is 1. The number of rotatable bonds is 4. The average Bonchev–Trinajstić information content (AvgIpc) is 2.88. The molecule has 0 aliphatic carbocycles. The van der Waals surface area contributed by atoms with E-state index in [4.69, 9.17) is 21.1 Å². The van der Waals surface area contributed by atoms with Crippen LogP contribution < -0.4 is 5.32 Å². The van der Waals surface area contributed by atoms with E-state index < -0.39 is 5.97 Å². The van der Waals surface area contributed by atoms with Crippen LogP contribution in [0.1, 0.15) is 26.7 Å². The van der Waals surface area contributed by atoms with Gasteiger partial charge in [0.15, 0.2) is 0 Å². The topological polar surface area (TPSA) is 79.5 Å². The Morgan fingerprint density at radius 2 is 2.05 bits per heavy atom. The lowest BCUT2D eigenvalue weighted by atomic mass is 10.2. The largest absolute Gasteiger partial charge is 0.475 e. The normalized spacial score (nSPS) is 10.3. The van der Waals surface area contributed by atoms with E-state index in [0.29, 0.717) is 20.8 Å². The fourth-order valence-electron chi connectivity index (χ4n) is 1.49. The zero-order valence-electron chi connectivity index (χ0n) is 10.0. The van der Waals surface area contributed by atoms with Crippen LogP contribution in [0.5, 0.6) is 0 Å². The van der Waals surface area contributed by atoms with Gasteiger partial charge in [0.1, 0.15) is 5.76 Å². The molecule has 0 aliphatic heterocycles. The summed E-state index contributed by atoms with van der Waals surface area (Å²) in [7, 11) is 0. The molecule has 0 atom stereocenters. The lowest BCUT2D eigenvalue weighted by molar-refractivity contribution is 0.0660. The molecule has 0 unspecified atom stereocenters. The third-order valence-corrected chi connectivity index (χ3v) is 3.71. The zero-order chi connectivity index (χ0) is 14.7. The van der Waals surface area contributed by atoms with Crippen LogP contribution in [0, 0.1) is 0 Å². The van der Waals surface area contributed by atoms with Gasteiger partial charge in [0.25, 0.3) is 5.91 Å². The Kier molecular flexibility index (Phi) is 4.46. The molecule has 1 aromatic heterocycles. The predicted molar refractivity (Wildman–Crippen MR) is 76.0 cm³/mol. The molecule has 2 aromatic rings. The standard InChI is InChI=1S/C13H9BrClNO4/c14-9-3-1-7(5-10(9)15)12(17)16-6-8-2-4-11(20-8)13(18)19/h1-5H,6H2,(H,16,17)(H,18,19). The average molecular weight is 359 g/mol. The maximum atomic E-state index is 11.9. The number of benzene rings is 1. The van der Waals surface area contributed by atoms with Crippen LogP contribution in [0.25, 0.3) is 0 Å². The van der Waals surface area contributed by atoms with Crippen molar-refractivity contribution >= 4 is 39.4 Å². The van der Waals surface area contributed by atoms with Gasteiger partial charge < -0.3 is 14.8 Å². The highest BCUT2D eigenvalue weighted by molar-refractivity contribution is 9.10. The lowest BCUT2D eigenvalue weighted by Crippen LogP contribution is -2.22. The molecule has 1 heterocycles. The van der Waals surface area contributed by atoms with Gasteiger partial charge in [-0.15, -0.1) is 0 Å². The Balaban J connectivity index is 2.00. The molecule has 0 saturated heterocycles. The predicted octanol–water partition coefficient (Wildman–Crippen LogP) is 3.32. The number of hydrogen-bond donors (Lipinski definition) is 2. The van der Waals surface area contributed by atoms with E-state index in [1.165, 1.54) is 18.2 Å².